The van der Waals surface area contributed by atoms with E-state index in [9.17, 15) is 19.2 Å². The Balaban J connectivity index is 1.49. The Morgan fingerprint density at radius 2 is 1.88 bits per heavy atom. The number of imide groups is 1. The molecule has 0 radical (unpaired) electrons. The van der Waals surface area contributed by atoms with E-state index in [0.717, 1.165) is 10.5 Å². The lowest BCUT2D eigenvalue weighted by Crippen LogP contribution is -2.30. The number of nitrogens with one attached hydrogen (secondary N) is 2. The number of halogens is 2. The zero-order chi connectivity index (χ0) is 29.0. The van der Waals surface area contributed by atoms with Crippen molar-refractivity contribution in [3.63, 3.8) is 0 Å². The second-order valence-electron chi connectivity index (χ2n) is 8.47. The van der Waals surface area contributed by atoms with Gasteiger partial charge in [-0.1, -0.05) is 29.3 Å². The molecule has 1 saturated heterocycles. The van der Waals surface area contributed by atoms with Crippen LogP contribution in [0.1, 0.15) is 27.4 Å². The Morgan fingerprint density at radius 1 is 1.15 bits per heavy atom. The SMILES string of the molecule is COC(=O)c1ccc(CN2C(=O)N/C(=C\c3cc(OC)c(OCC(=O)Nc4ccc(C)cc4)c(Cl)c3Br)C2=O)o1. The van der Waals surface area contributed by atoms with Crippen LogP contribution in [0.5, 0.6) is 11.5 Å². The van der Waals surface area contributed by atoms with E-state index in [4.69, 9.17) is 25.5 Å². The van der Waals surface area contributed by atoms with E-state index in [2.05, 4.69) is 31.3 Å². The molecule has 208 valence electrons. The Kier molecular flexibility index (Phi) is 8.80. The van der Waals surface area contributed by atoms with Crippen LogP contribution < -0.4 is 20.1 Å². The van der Waals surface area contributed by atoms with Crippen molar-refractivity contribution >= 4 is 63.1 Å². The topological polar surface area (TPSA) is 136 Å². The fraction of sp³-hybridized carbons (Fsp3) is 0.185. The number of amides is 4. The smallest absolute Gasteiger partial charge is 0.373 e. The van der Waals surface area contributed by atoms with Gasteiger partial charge in [-0.15, -0.1) is 0 Å². The van der Waals surface area contributed by atoms with Crippen LogP contribution in [0.3, 0.4) is 0 Å². The standard InChI is InChI=1S/C27H23BrClN3O8/c1-14-4-6-16(7-5-14)30-21(33)13-39-24-20(37-2)11-15(22(28)23(24)29)10-18-25(34)32(27(36)31-18)12-17-8-9-19(40-17)26(35)38-3/h4-11H,12-13H2,1-3H3,(H,30,33)(H,31,36)/b18-10-. The quantitative estimate of drug-likeness (QED) is 0.193. The third kappa shape index (κ3) is 6.29. The Labute approximate surface area is 242 Å². The lowest BCUT2D eigenvalue weighted by Gasteiger charge is -2.15. The summed E-state index contributed by atoms with van der Waals surface area (Å²) in [7, 11) is 2.60. The molecule has 0 atom stereocenters. The fourth-order valence-electron chi connectivity index (χ4n) is 3.67. The molecule has 1 aromatic heterocycles. The molecule has 0 saturated carbocycles. The summed E-state index contributed by atoms with van der Waals surface area (Å²) in [5.41, 5.74) is 2.04. The predicted octanol–water partition coefficient (Wildman–Crippen LogP) is 4.91. The van der Waals surface area contributed by atoms with Gasteiger partial charge >= 0.3 is 12.0 Å². The third-order valence-electron chi connectivity index (χ3n) is 5.68. The second-order valence-corrected chi connectivity index (χ2v) is 9.64. The van der Waals surface area contributed by atoms with Crippen LogP contribution in [-0.4, -0.2) is 49.5 Å². The molecule has 0 bridgehead atoms. The summed E-state index contributed by atoms with van der Waals surface area (Å²) >= 11 is 9.91. The Bertz CT molecular complexity index is 1520. The first kappa shape index (κ1) is 28.7. The van der Waals surface area contributed by atoms with Gasteiger partial charge in [-0.25, -0.2) is 9.59 Å². The van der Waals surface area contributed by atoms with E-state index in [1.165, 1.54) is 38.5 Å². The van der Waals surface area contributed by atoms with Gasteiger partial charge in [0.15, 0.2) is 18.1 Å². The van der Waals surface area contributed by atoms with Crippen molar-refractivity contribution in [3.8, 4) is 11.5 Å². The maximum atomic E-state index is 13.0. The van der Waals surface area contributed by atoms with Gasteiger partial charge in [0.2, 0.25) is 5.76 Å². The van der Waals surface area contributed by atoms with Crippen LogP contribution in [0.25, 0.3) is 6.08 Å². The van der Waals surface area contributed by atoms with Gasteiger partial charge < -0.3 is 29.3 Å². The predicted molar refractivity (Wildman–Crippen MR) is 148 cm³/mol. The summed E-state index contributed by atoms with van der Waals surface area (Å²) in [5, 5.41) is 5.33. The Hall–Kier alpha value is -4.29. The van der Waals surface area contributed by atoms with Crippen LogP contribution in [-0.2, 0) is 20.9 Å². The summed E-state index contributed by atoms with van der Waals surface area (Å²) in [4.78, 5) is 50.4. The average Bonchev–Trinajstić information content (AvgIpc) is 3.51. The number of methoxy groups -OCH3 is 2. The highest BCUT2D eigenvalue weighted by molar-refractivity contribution is 9.10. The van der Waals surface area contributed by atoms with E-state index < -0.39 is 23.8 Å². The second kappa shape index (κ2) is 12.3. The molecule has 3 aromatic rings. The molecule has 2 heterocycles. The number of rotatable bonds is 9. The number of aryl methyl sites for hydroxylation is 1. The van der Waals surface area contributed by atoms with Crippen LogP contribution in [0.15, 0.2) is 57.1 Å². The maximum absolute atomic E-state index is 13.0. The van der Waals surface area contributed by atoms with Crippen LogP contribution >= 0.6 is 27.5 Å². The molecular weight excluding hydrogens is 610 g/mol. The molecule has 0 aliphatic carbocycles. The fourth-order valence-corrected chi connectivity index (χ4v) is 4.33. The van der Waals surface area contributed by atoms with Gasteiger partial charge in [0, 0.05) is 10.2 Å². The van der Waals surface area contributed by atoms with Crippen molar-refractivity contribution in [1.82, 2.24) is 10.2 Å². The van der Waals surface area contributed by atoms with Gasteiger partial charge in [-0.3, -0.25) is 14.5 Å². The number of furan rings is 1. The van der Waals surface area contributed by atoms with Crippen molar-refractivity contribution in [2.45, 2.75) is 13.5 Å². The van der Waals surface area contributed by atoms with Gasteiger partial charge in [0.1, 0.15) is 16.5 Å². The molecular formula is C27H23BrClN3O8. The lowest BCUT2D eigenvalue weighted by molar-refractivity contribution is -0.123. The monoisotopic (exact) mass is 631 g/mol. The number of benzene rings is 2. The molecule has 1 fully saturated rings. The van der Waals surface area contributed by atoms with Crippen LogP contribution in [0.4, 0.5) is 10.5 Å². The lowest BCUT2D eigenvalue weighted by atomic mass is 10.1. The molecule has 4 amide bonds. The highest BCUT2D eigenvalue weighted by atomic mass is 79.9. The number of anilines is 1. The number of carbonyl (C=O) groups excluding carboxylic acids is 4. The summed E-state index contributed by atoms with van der Waals surface area (Å²) in [6.07, 6.45) is 1.41. The molecule has 2 aromatic carbocycles. The molecule has 4 rings (SSSR count). The van der Waals surface area contributed by atoms with E-state index in [1.807, 2.05) is 19.1 Å². The minimum atomic E-state index is -0.681. The number of ether oxygens (including phenoxy) is 3. The number of esters is 1. The van der Waals surface area contributed by atoms with Crippen molar-refractivity contribution in [2.75, 3.05) is 26.1 Å². The maximum Gasteiger partial charge on any atom is 0.373 e. The molecule has 1 aliphatic heterocycles. The molecule has 0 unspecified atom stereocenters. The normalized spacial score (nSPS) is 13.8. The van der Waals surface area contributed by atoms with Crippen molar-refractivity contribution in [3.05, 3.63) is 80.3 Å². The van der Waals surface area contributed by atoms with Crippen molar-refractivity contribution in [2.24, 2.45) is 0 Å². The van der Waals surface area contributed by atoms with Gasteiger partial charge in [-0.2, -0.15) is 0 Å². The van der Waals surface area contributed by atoms with E-state index in [-0.39, 0.29) is 46.9 Å². The third-order valence-corrected chi connectivity index (χ3v) is 7.13. The average molecular weight is 633 g/mol. The zero-order valence-corrected chi connectivity index (χ0v) is 23.8. The molecule has 2 N–H and O–H groups in total. The number of carbonyl (C=O) groups is 4. The van der Waals surface area contributed by atoms with Crippen molar-refractivity contribution in [1.29, 1.82) is 0 Å². The molecule has 0 spiro atoms. The number of nitrogens with zero attached hydrogens (tertiary/aromatic N) is 1. The minimum Gasteiger partial charge on any atom is -0.493 e. The summed E-state index contributed by atoms with van der Waals surface area (Å²) < 4.78 is 21.4. The highest BCUT2D eigenvalue weighted by Gasteiger charge is 2.35. The first-order chi connectivity index (χ1) is 19.1. The summed E-state index contributed by atoms with van der Waals surface area (Å²) in [6.45, 7) is 1.39. The largest absolute Gasteiger partial charge is 0.493 e. The first-order valence-corrected chi connectivity index (χ1v) is 12.8. The molecule has 13 heteroatoms. The zero-order valence-electron chi connectivity index (χ0n) is 21.5. The summed E-state index contributed by atoms with van der Waals surface area (Å²) in [6, 6.07) is 11.0. The summed E-state index contributed by atoms with van der Waals surface area (Å²) in [5.74, 6) is -1.25. The minimum absolute atomic E-state index is 0.0327. The van der Waals surface area contributed by atoms with E-state index in [0.29, 0.717) is 15.7 Å². The Morgan fingerprint density at radius 3 is 2.55 bits per heavy atom. The van der Waals surface area contributed by atoms with Crippen molar-refractivity contribution < 1.29 is 37.8 Å². The van der Waals surface area contributed by atoms with Crippen LogP contribution in [0, 0.1) is 6.92 Å². The number of urea groups is 1. The van der Waals surface area contributed by atoms with E-state index >= 15 is 0 Å². The highest BCUT2D eigenvalue weighted by Crippen LogP contribution is 2.43. The molecule has 1 aliphatic rings. The number of hydrogen-bond acceptors (Lipinski definition) is 8. The van der Waals surface area contributed by atoms with Gasteiger partial charge in [0.25, 0.3) is 11.8 Å². The van der Waals surface area contributed by atoms with E-state index in [1.54, 1.807) is 12.1 Å². The van der Waals surface area contributed by atoms with Gasteiger partial charge in [-0.05, 0) is 64.8 Å². The molecule has 40 heavy (non-hydrogen) atoms. The van der Waals surface area contributed by atoms with Crippen LogP contribution in [0.2, 0.25) is 5.02 Å². The molecule has 11 nitrogen and oxygen atoms in total. The van der Waals surface area contributed by atoms with Gasteiger partial charge in [0.05, 0.1) is 20.8 Å². The number of hydrogen-bond donors (Lipinski definition) is 2. The first-order valence-electron chi connectivity index (χ1n) is 11.7.